The Morgan fingerprint density at radius 3 is 2.45 bits per heavy atom. The Labute approximate surface area is 197 Å². The van der Waals surface area contributed by atoms with Crippen LogP contribution in [0.5, 0.6) is 5.75 Å². The van der Waals surface area contributed by atoms with E-state index in [9.17, 15) is 0 Å². The van der Waals surface area contributed by atoms with Gasteiger partial charge in [0, 0.05) is 42.0 Å². The minimum absolute atomic E-state index is 0. The molecule has 31 heavy (non-hydrogen) atoms. The maximum atomic E-state index is 6.18. The number of hydrogen-bond acceptors (Lipinski definition) is 3. The van der Waals surface area contributed by atoms with Crippen molar-refractivity contribution in [3.8, 4) is 5.75 Å². The van der Waals surface area contributed by atoms with E-state index in [1.807, 2.05) is 0 Å². The smallest absolute Gasteiger partial charge is 0.121 e. The van der Waals surface area contributed by atoms with E-state index in [0.29, 0.717) is 6.61 Å². The molecule has 0 radical (unpaired) electrons. The molecule has 6 rings (SSSR count). The predicted octanol–water partition coefficient (Wildman–Crippen LogP) is 5.23. The number of aromatic nitrogens is 1. The zero-order chi connectivity index (χ0) is 19.8. The van der Waals surface area contributed by atoms with Crippen LogP contribution in [0.4, 0.5) is 0 Å². The molecule has 2 bridgehead atoms. The van der Waals surface area contributed by atoms with Crippen molar-refractivity contribution in [1.29, 1.82) is 0 Å². The molecule has 3 saturated heterocycles. The Hall–Kier alpha value is -1.72. The lowest BCUT2D eigenvalue weighted by molar-refractivity contribution is 0.160. The van der Waals surface area contributed by atoms with Crippen LogP contribution in [0.15, 0.2) is 54.1 Å². The summed E-state index contributed by atoms with van der Waals surface area (Å²) < 4.78 is 8.62. The Bertz CT molecular complexity index is 1050. The maximum absolute atomic E-state index is 6.18. The second-order valence-corrected chi connectivity index (χ2v) is 8.79. The highest BCUT2D eigenvalue weighted by atomic mass is 35.5. The van der Waals surface area contributed by atoms with Gasteiger partial charge in [0.05, 0.1) is 5.52 Å². The van der Waals surface area contributed by atoms with Gasteiger partial charge < -0.3 is 14.2 Å². The number of piperidine rings is 3. The highest BCUT2D eigenvalue weighted by Gasteiger charge is 2.28. The van der Waals surface area contributed by atoms with E-state index in [-0.39, 0.29) is 24.8 Å². The molecule has 168 valence electrons. The lowest BCUT2D eigenvalue weighted by atomic mass is 9.84. The normalized spacial score (nSPS) is 21.5. The summed E-state index contributed by atoms with van der Waals surface area (Å²) in [6, 6.07) is 15.3. The molecule has 2 aromatic carbocycles. The summed E-state index contributed by atoms with van der Waals surface area (Å²) in [7, 11) is 4.26. The molecule has 0 N–H and O–H groups in total. The first-order valence-electron chi connectivity index (χ1n) is 10.9. The fraction of sp³-hybridized carbons (Fsp3) is 0.440. The van der Waals surface area contributed by atoms with E-state index in [1.54, 1.807) is 5.57 Å². The summed E-state index contributed by atoms with van der Waals surface area (Å²) in [6.45, 7) is 6.36. The third-order valence-corrected chi connectivity index (χ3v) is 6.63. The standard InChI is InChI=1S/C25H31N3O.2ClH/c1-26(2)14-15-28-24-6-4-3-5-22(24)23-8-7-21(17-25(23)28)29-16-11-20-18-27-12-9-19(20)10-13-27;;/h3-8,11,17,19H,9-10,12-16,18H2,1-2H3;2*1H. The van der Waals surface area contributed by atoms with Gasteiger partial charge in [-0.2, -0.15) is 0 Å². The number of nitrogens with zero attached hydrogens (tertiary/aromatic N) is 3. The van der Waals surface area contributed by atoms with Crippen molar-refractivity contribution in [2.24, 2.45) is 5.92 Å². The number of halogens is 2. The van der Waals surface area contributed by atoms with Crippen molar-refractivity contribution in [3.05, 3.63) is 54.1 Å². The van der Waals surface area contributed by atoms with Crippen LogP contribution in [-0.2, 0) is 6.54 Å². The molecule has 0 spiro atoms. The fourth-order valence-corrected chi connectivity index (χ4v) is 4.99. The highest BCUT2D eigenvalue weighted by Crippen LogP contribution is 2.33. The fourth-order valence-electron chi connectivity index (χ4n) is 4.99. The number of likely N-dealkylation sites (N-methyl/N-ethyl adjacent to an activating group) is 1. The molecule has 3 aliphatic heterocycles. The molecular weight excluding hydrogens is 429 g/mol. The molecule has 6 heteroatoms. The van der Waals surface area contributed by atoms with Gasteiger partial charge in [0.25, 0.3) is 0 Å². The van der Waals surface area contributed by atoms with Gasteiger partial charge in [-0.1, -0.05) is 23.8 Å². The summed E-state index contributed by atoms with van der Waals surface area (Å²) in [4.78, 5) is 4.81. The van der Waals surface area contributed by atoms with Gasteiger partial charge in [0.1, 0.15) is 12.4 Å². The number of ether oxygens (including phenoxy) is 1. The lowest BCUT2D eigenvalue weighted by Crippen LogP contribution is -2.43. The predicted molar refractivity (Wildman–Crippen MR) is 135 cm³/mol. The van der Waals surface area contributed by atoms with Crippen molar-refractivity contribution >= 4 is 46.6 Å². The summed E-state index contributed by atoms with van der Waals surface area (Å²) in [6.07, 6.45) is 4.98. The number of fused-ring (bicyclic) bond motifs is 6. The van der Waals surface area contributed by atoms with Crippen molar-refractivity contribution < 1.29 is 4.74 Å². The van der Waals surface area contributed by atoms with Crippen molar-refractivity contribution in [1.82, 2.24) is 14.4 Å². The molecule has 0 atom stereocenters. The van der Waals surface area contributed by atoms with Crippen LogP contribution in [0, 0.1) is 5.92 Å². The lowest BCUT2D eigenvalue weighted by Gasteiger charge is -2.41. The average molecular weight is 462 g/mol. The van der Waals surface area contributed by atoms with Gasteiger partial charge >= 0.3 is 0 Å². The Morgan fingerprint density at radius 2 is 1.74 bits per heavy atom. The van der Waals surface area contributed by atoms with Crippen LogP contribution in [0.25, 0.3) is 21.8 Å². The molecule has 0 aliphatic carbocycles. The molecule has 3 aromatic rings. The average Bonchev–Trinajstić information content (AvgIpc) is 3.06. The van der Waals surface area contributed by atoms with Gasteiger partial charge in [-0.3, -0.25) is 4.90 Å². The molecule has 4 heterocycles. The zero-order valence-corrected chi connectivity index (χ0v) is 20.1. The van der Waals surface area contributed by atoms with E-state index in [0.717, 1.165) is 31.3 Å². The van der Waals surface area contributed by atoms with Gasteiger partial charge in [0.2, 0.25) is 0 Å². The van der Waals surface area contributed by atoms with Crippen molar-refractivity contribution in [2.75, 3.05) is 46.9 Å². The van der Waals surface area contributed by atoms with Crippen LogP contribution in [0.2, 0.25) is 0 Å². The second kappa shape index (κ2) is 10.3. The van der Waals surface area contributed by atoms with Crippen LogP contribution in [0.3, 0.4) is 0 Å². The van der Waals surface area contributed by atoms with Crippen LogP contribution >= 0.6 is 24.8 Å². The molecule has 4 nitrogen and oxygen atoms in total. The molecular formula is C25H33Cl2N3O. The van der Waals surface area contributed by atoms with Gasteiger partial charge in [0.15, 0.2) is 0 Å². The minimum atomic E-state index is 0. The van der Waals surface area contributed by atoms with Gasteiger partial charge in [-0.05, 0) is 70.2 Å². The molecule has 0 saturated carbocycles. The highest BCUT2D eigenvalue weighted by molar-refractivity contribution is 6.08. The van der Waals surface area contributed by atoms with Crippen molar-refractivity contribution in [2.45, 2.75) is 19.4 Å². The maximum Gasteiger partial charge on any atom is 0.121 e. The Kier molecular flexibility index (Phi) is 7.92. The Balaban J connectivity index is 0.00000136. The largest absolute Gasteiger partial charge is 0.489 e. The molecule has 0 amide bonds. The first-order valence-corrected chi connectivity index (χ1v) is 10.9. The van der Waals surface area contributed by atoms with Crippen LogP contribution in [0.1, 0.15) is 12.8 Å². The van der Waals surface area contributed by atoms with Gasteiger partial charge in [-0.15, -0.1) is 24.8 Å². The van der Waals surface area contributed by atoms with Crippen molar-refractivity contribution in [3.63, 3.8) is 0 Å². The Morgan fingerprint density at radius 1 is 1.00 bits per heavy atom. The molecule has 3 fully saturated rings. The monoisotopic (exact) mass is 461 g/mol. The third-order valence-electron chi connectivity index (χ3n) is 6.63. The van der Waals surface area contributed by atoms with E-state index in [4.69, 9.17) is 4.74 Å². The third kappa shape index (κ3) is 4.88. The second-order valence-electron chi connectivity index (χ2n) is 8.79. The number of para-hydroxylation sites is 1. The topological polar surface area (TPSA) is 20.6 Å². The van der Waals surface area contributed by atoms with E-state index < -0.39 is 0 Å². The first-order chi connectivity index (χ1) is 14.2. The SMILES string of the molecule is CN(C)CCn1c2ccccc2c2ccc(OCC=C3CN4CCC3CC4)cc21.Cl.Cl. The molecule has 0 unspecified atom stereocenters. The van der Waals surface area contributed by atoms with E-state index >= 15 is 0 Å². The number of rotatable bonds is 6. The van der Waals surface area contributed by atoms with E-state index in [2.05, 4.69) is 77.0 Å². The number of benzene rings is 2. The van der Waals surface area contributed by atoms with E-state index in [1.165, 1.54) is 47.7 Å². The number of hydrogen-bond donors (Lipinski definition) is 0. The molecule has 1 aromatic heterocycles. The summed E-state index contributed by atoms with van der Waals surface area (Å²) in [5.74, 6) is 1.75. The van der Waals surface area contributed by atoms with Gasteiger partial charge in [-0.25, -0.2) is 0 Å². The first kappa shape index (κ1) is 23.9. The minimum Gasteiger partial charge on any atom is -0.489 e. The summed E-state index contributed by atoms with van der Waals surface area (Å²) in [5, 5.41) is 2.63. The van der Waals surface area contributed by atoms with Crippen LogP contribution < -0.4 is 4.74 Å². The van der Waals surface area contributed by atoms with Crippen LogP contribution in [-0.4, -0.2) is 61.2 Å². The molecule has 3 aliphatic rings. The zero-order valence-electron chi connectivity index (χ0n) is 18.4. The quantitative estimate of drug-likeness (QED) is 0.468. The summed E-state index contributed by atoms with van der Waals surface area (Å²) in [5.41, 5.74) is 4.15. The summed E-state index contributed by atoms with van der Waals surface area (Å²) >= 11 is 0.